The Kier molecular flexibility index (Phi) is 28.3. The van der Waals surface area contributed by atoms with Crippen molar-refractivity contribution in [1.29, 1.82) is 0 Å². The molecule has 504 valence electrons. The molecule has 6 aromatic carbocycles. The number of carbonyl (C=O) groups is 8. The fraction of sp³-hybridized carbons (Fsp3) is 0.333. The molecule has 30 heteroatoms. The first-order valence-electron chi connectivity index (χ1n) is 30.3. The number of ether oxygens (including phenoxy) is 4. The molecule has 4 atom stereocenters. The number of carboxylic acids is 3. The number of unbranched alkanes of at least 4 members (excludes halogenated alkanes) is 2. The zero-order valence-corrected chi connectivity index (χ0v) is 54.2. The van der Waals surface area contributed by atoms with Crippen LogP contribution in [0.25, 0.3) is 43.1 Å². The molecule has 2 aliphatic carbocycles. The molecule has 0 aromatic heterocycles. The van der Waals surface area contributed by atoms with Gasteiger partial charge >= 0.3 is 42.3 Å². The summed E-state index contributed by atoms with van der Waals surface area (Å²) >= 11 is 2.81. The lowest BCUT2D eigenvalue weighted by molar-refractivity contribution is -0.141. The van der Waals surface area contributed by atoms with Gasteiger partial charge in [-0.05, 0) is 112 Å². The van der Waals surface area contributed by atoms with Gasteiger partial charge in [0, 0.05) is 51.1 Å². The number of azide groups is 2. The summed E-state index contributed by atoms with van der Waals surface area (Å²) in [5, 5.41) is 42.6. The maximum atomic E-state index is 12.8. The summed E-state index contributed by atoms with van der Waals surface area (Å²) in [4.78, 5) is 104. The van der Waals surface area contributed by atoms with Crippen molar-refractivity contribution < 1.29 is 72.6 Å². The van der Waals surface area contributed by atoms with E-state index in [9.17, 15) is 48.6 Å². The van der Waals surface area contributed by atoms with Crippen molar-refractivity contribution >= 4 is 95.5 Å². The summed E-state index contributed by atoms with van der Waals surface area (Å²) in [5.41, 5.74) is 33.4. The first-order valence-corrected chi connectivity index (χ1v) is 32.6. The van der Waals surface area contributed by atoms with Gasteiger partial charge in [0.2, 0.25) is 5.91 Å². The molecule has 2 aliphatic heterocycles. The molecule has 0 spiro atoms. The highest BCUT2D eigenvalue weighted by Gasteiger charge is 2.38. The number of hydrogen-bond acceptors (Lipinski definition) is 17. The Labute approximate surface area is 566 Å². The number of nitrogens with two attached hydrogens (primary N) is 1. The Hall–Kier alpha value is -10.2. The van der Waals surface area contributed by atoms with Crippen LogP contribution < -0.4 is 21.7 Å². The number of carboxylic acid groups (broad SMARTS) is 3. The van der Waals surface area contributed by atoms with E-state index < -0.39 is 66.4 Å². The zero-order valence-electron chi connectivity index (χ0n) is 51.8. The lowest BCUT2D eigenvalue weighted by atomic mass is 9.98. The number of thioether (sulfide) groups is 2. The van der Waals surface area contributed by atoms with Gasteiger partial charge in [-0.2, -0.15) is 0 Å². The minimum atomic E-state index is -1.17. The lowest BCUT2D eigenvalue weighted by Gasteiger charge is -2.22. The number of nitrogens with zero attached hydrogens (tertiary/aromatic N) is 8. The van der Waals surface area contributed by atoms with Crippen LogP contribution in [0.1, 0.15) is 83.7 Å². The normalized spacial score (nSPS) is 15.1. The minimum absolute atomic E-state index is 0. The highest BCUT2D eigenvalue weighted by Crippen LogP contribution is 2.46. The van der Waals surface area contributed by atoms with Crippen LogP contribution in [0.3, 0.4) is 0 Å². The van der Waals surface area contributed by atoms with Gasteiger partial charge in [0.15, 0.2) is 0 Å². The molecule has 6 aromatic rings. The van der Waals surface area contributed by atoms with Gasteiger partial charge in [-0.25, -0.2) is 33.6 Å². The summed E-state index contributed by atoms with van der Waals surface area (Å²) in [6, 6.07) is 41.5. The predicted octanol–water partition coefficient (Wildman–Crippen LogP) is 12.2. The van der Waals surface area contributed by atoms with Crippen molar-refractivity contribution in [1.82, 2.24) is 25.8 Å². The molecule has 10 rings (SSSR count). The Bertz CT molecular complexity index is 3720. The van der Waals surface area contributed by atoms with Crippen LogP contribution in [0.5, 0.6) is 0 Å². The number of carbonyl (C=O) groups excluding carboxylic acids is 5. The third-order valence-electron chi connectivity index (χ3n) is 15.8. The smallest absolute Gasteiger partial charge is 0.411 e. The molecule has 2 heterocycles. The molecule has 0 unspecified atom stereocenters. The molecular weight excluding hydrogens is 1300 g/mol. The predicted molar refractivity (Wildman–Crippen MR) is 361 cm³/mol. The van der Waals surface area contributed by atoms with E-state index in [1.54, 1.807) is 48.5 Å². The maximum absolute atomic E-state index is 12.8. The number of rotatable bonds is 25. The summed E-state index contributed by atoms with van der Waals surface area (Å²) in [6.45, 7) is 1.04. The van der Waals surface area contributed by atoms with Gasteiger partial charge in [0.25, 0.3) is 0 Å². The van der Waals surface area contributed by atoms with Crippen molar-refractivity contribution in [2.75, 3.05) is 49.6 Å². The largest absolute Gasteiger partial charge is 0.480 e. The second kappa shape index (κ2) is 37.1. The number of aliphatic carboxylic acids is 3. The average Bonchev–Trinajstić information content (AvgIpc) is 1.63. The van der Waals surface area contributed by atoms with Crippen LogP contribution in [0, 0.1) is 0 Å². The lowest BCUT2D eigenvalue weighted by Crippen LogP contribution is -2.47. The Morgan fingerprint density at radius 2 is 0.906 bits per heavy atom. The van der Waals surface area contributed by atoms with Gasteiger partial charge in [-0.3, -0.25) is 14.6 Å². The van der Waals surface area contributed by atoms with Crippen molar-refractivity contribution in [3.63, 3.8) is 0 Å². The van der Waals surface area contributed by atoms with Gasteiger partial charge in [0.1, 0.15) is 50.6 Å². The van der Waals surface area contributed by atoms with Crippen LogP contribution in [-0.2, 0) is 51.3 Å². The third kappa shape index (κ3) is 20.2. The van der Waals surface area contributed by atoms with Crippen molar-refractivity contribution in [2.24, 2.45) is 16.0 Å². The third-order valence-corrected chi connectivity index (χ3v) is 17.8. The second-order valence-electron chi connectivity index (χ2n) is 21.9. The van der Waals surface area contributed by atoms with E-state index in [-0.39, 0.29) is 69.5 Å². The summed E-state index contributed by atoms with van der Waals surface area (Å²) in [7, 11) is 0. The average molecular weight is 1370 g/mol. The molecule has 96 heavy (non-hydrogen) atoms. The van der Waals surface area contributed by atoms with Crippen molar-refractivity contribution in [3.05, 3.63) is 200 Å². The van der Waals surface area contributed by atoms with Crippen molar-refractivity contribution in [3.8, 4) is 22.3 Å². The number of nitrogens with one attached hydrogen (secondary N) is 3. The monoisotopic (exact) mass is 1370 g/mol. The Morgan fingerprint density at radius 1 is 0.531 bits per heavy atom. The van der Waals surface area contributed by atoms with E-state index in [0.29, 0.717) is 72.4 Å². The summed E-state index contributed by atoms with van der Waals surface area (Å²) < 4.78 is 21.4. The van der Waals surface area contributed by atoms with E-state index in [1.165, 1.54) is 33.3 Å². The van der Waals surface area contributed by atoms with Crippen LogP contribution in [0.15, 0.2) is 156 Å². The van der Waals surface area contributed by atoms with E-state index in [1.807, 2.05) is 84.9 Å². The van der Waals surface area contributed by atoms with Crippen LogP contribution in [0.2, 0.25) is 0 Å². The number of fused-ring (bicyclic) bond motifs is 6. The fourth-order valence-corrected chi connectivity index (χ4v) is 13.2. The molecule has 8 N–H and O–H groups in total. The quantitative estimate of drug-likeness (QED) is 0.00920. The van der Waals surface area contributed by atoms with Crippen LogP contribution in [0.4, 0.5) is 30.6 Å². The van der Waals surface area contributed by atoms with Gasteiger partial charge in [0.05, 0.1) is 11.8 Å². The molecule has 27 nitrogen and oxygen atoms in total. The van der Waals surface area contributed by atoms with E-state index in [0.717, 1.165) is 56.5 Å². The van der Waals surface area contributed by atoms with Crippen molar-refractivity contribution in [2.45, 2.75) is 87.7 Å². The van der Waals surface area contributed by atoms with E-state index in [4.69, 9.17) is 40.8 Å². The van der Waals surface area contributed by atoms with Crippen LogP contribution >= 0.6 is 35.9 Å². The van der Waals surface area contributed by atoms with E-state index in [2.05, 4.69) is 48.1 Å². The molecule has 2 fully saturated rings. The Balaban J connectivity index is 0.000000224. The van der Waals surface area contributed by atoms with Gasteiger partial charge in [-0.1, -0.05) is 156 Å². The topological polar surface area (TPSA) is 400 Å². The van der Waals surface area contributed by atoms with Gasteiger partial charge < -0.3 is 56.0 Å². The number of halogens is 1. The fourth-order valence-electron chi connectivity index (χ4n) is 10.9. The van der Waals surface area contributed by atoms with Crippen LogP contribution in [-0.4, -0.2) is 147 Å². The molecule has 5 amide bonds. The molecule has 0 radical (unpaired) electrons. The number of alkyl carbamates (subject to hydrolysis) is 2. The second-order valence-corrected chi connectivity index (χ2v) is 23.9. The highest BCUT2D eigenvalue weighted by atomic mass is 35.5. The number of benzene rings is 6. The Morgan fingerprint density at radius 3 is 1.28 bits per heavy atom. The molecule has 4 aliphatic rings. The van der Waals surface area contributed by atoms with E-state index >= 15 is 0 Å². The molecule has 0 saturated carbocycles. The maximum Gasteiger partial charge on any atom is 0.411 e. The first-order chi connectivity index (χ1) is 46.1. The van der Waals surface area contributed by atoms with Gasteiger partial charge in [-0.15, -0.1) is 35.9 Å². The number of hydrogen-bond donors (Lipinski definition) is 7. The first kappa shape index (κ1) is 73.3. The minimum Gasteiger partial charge on any atom is -0.480 e. The SMILES string of the molecule is Cl.NCCCC[C@H](NC(=O)OCC1c2ccccc2-c2ccccc21)C(=O)O.[N-]=[N+]=Nc1ccc(COC(=O)N2CSC[C@H]2C(=O)NCCCC[C@H](NC(=O)OCC2c3ccccc3-c3ccccc32)C(=O)O)cc1.[N-]=[N+]=Nc1ccc(COC(=O)N2CSC[C@H]2C(=O)O)cc1. The molecular formula is C66H71ClN12O15S2. The standard InChI is InChI=1S/C33H34N6O7S.C21H24N2O4.C12H12N4O4S.ClH/c34-38-37-22-14-12-21(13-15-22)17-46-33(44)39-20-47-19-29(39)30(40)35-16-6-5-11-28(31(41)42)36-32(43)45-18-27-25-9-3-1-7-23(25)24-8-2-4-10-26(24)27;22-12-6-5-11-19(20(24)25)23-21(26)27-13-18-16-9-3-1-7-14(16)15-8-2-4-10-17(15)18;13-15-14-9-3-1-8(2-4-9)5-20-12(19)16-7-21-6-10(16)11(17)18;/h1-4,7-10,12-15,27-29H,5-6,11,16-20H2,(H,35,40)(H,36,43)(H,41,42);1-4,7-10,18-19H,5-6,11-13,22H2,(H,23,26)(H,24,25);1-4,10H,5-7H2,(H,17,18);1H/t28-,29-;19-;10-;/m000./s1. The number of amides is 5. The zero-order chi connectivity index (χ0) is 67.6. The summed E-state index contributed by atoms with van der Waals surface area (Å²) in [6.07, 6.45) is -0.0475. The highest BCUT2D eigenvalue weighted by molar-refractivity contribution is 7.99. The summed E-state index contributed by atoms with van der Waals surface area (Å²) in [5.74, 6) is -2.37. The molecule has 0 bridgehead atoms. The molecule has 2 saturated heterocycles.